The lowest BCUT2D eigenvalue weighted by molar-refractivity contribution is 0.322. The summed E-state index contributed by atoms with van der Waals surface area (Å²) in [6.07, 6.45) is 25.3. The van der Waals surface area contributed by atoms with E-state index in [0.717, 1.165) is 11.8 Å². The minimum atomic E-state index is 0.951. The summed E-state index contributed by atoms with van der Waals surface area (Å²) < 4.78 is 0. The molecule has 2 atom stereocenters. The van der Waals surface area contributed by atoms with E-state index >= 15 is 0 Å². The smallest absolute Gasteiger partial charge is 0.0417 e. The van der Waals surface area contributed by atoms with Crippen molar-refractivity contribution in [2.24, 2.45) is 11.8 Å². The SMILES string of the molecule is CC1CCCCCCCCCCCCCCCCCC1C. The molecule has 1 rings (SSSR count). The topological polar surface area (TPSA) is 0 Å². The second-order valence-electron chi connectivity index (χ2n) is 7.84. The van der Waals surface area contributed by atoms with Gasteiger partial charge in [-0.1, -0.05) is 123 Å². The highest BCUT2D eigenvalue weighted by Gasteiger charge is 2.11. The minimum Gasteiger partial charge on any atom is -0.0623 e. The maximum atomic E-state index is 2.49. The average molecular weight is 295 g/mol. The molecule has 0 N–H and O–H groups in total. The van der Waals surface area contributed by atoms with Gasteiger partial charge < -0.3 is 0 Å². The highest BCUT2D eigenvalue weighted by molar-refractivity contribution is 4.63. The summed E-state index contributed by atoms with van der Waals surface area (Å²) >= 11 is 0. The van der Waals surface area contributed by atoms with Crippen LogP contribution in [0, 0.1) is 11.8 Å². The highest BCUT2D eigenvalue weighted by atomic mass is 14.2. The Morgan fingerprint density at radius 1 is 0.333 bits per heavy atom. The maximum absolute atomic E-state index is 2.49. The molecule has 0 heteroatoms. The van der Waals surface area contributed by atoms with E-state index in [2.05, 4.69) is 13.8 Å². The second-order valence-corrected chi connectivity index (χ2v) is 7.84. The molecule has 126 valence electrons. The van der Waals surface area contributed by atoms with E-state index in [1.807, 2.05) is 0 Å². The van der Waals surface area contributed by atoms with Gasteiger partial charge in [0.2, 0.25) is 0 Å². The van der Waals surface area contributed by atoms with Gasteiger partial charge in [-0.25, -0.2) is 0 Å². The van der Waals surface area contributed by atoms with E-state index in [4.69, 9.17) is 0 Å². The van der Waals surface area contributed by atoms with Crippen molar-refractivity contribution in [2.45, 2.75) is 123 Å². The first-order chi connectivity index (χ1) is 10.3. The van der Waals surface area contributed by atoms with Gasteiger partial charge in [0.1, 0.15) is 0 Å². The zero-order valence-corrected chi connectivity index (χ0v) is 15.2. The van der Waals surface area contributed by atoms with Crippen LogP contribution in [0.15, 0.2) is 0 Å². The molecule has 1 saturated carbocycles. The first kappa shape index (κ1) is 19.0. The molecule has 1 aliphatic rings. The molecule has 1 fully saturated rings. The Kier molecular flexibility index (Phi) is 12.4. The van der Waals surface area contributed by atoms with Crippen molar-refractivity contribution >= 4 is 0 Å². The first-order valence-electron chi connectivity index (χ1n) is 10.3. The van der Waals surface area contributed by atoms with Crippen molar-refractivity contribution in [3.63, 3.8) is 0 Å². The molecule has 0 amide bonds. The summed E-state index contributed by atoms with van der Waals surface area (Å²) in [6.45, 7) is 4.99. The lowest BCUT2D eigenvalue weighted by atomic mass is 9.86. The highest BCUT2D eigenvalue weighted by Crippen LogP contribution is 2.24. The molecule has 0 nitrogen and oxygen atoms in total. The summed E-state index contributed by atoms with van der Waals surface area (Å²) in [5.41, 5.74) is 0. The summed E-state index contributed by atoms with van der Waals surface area (Å²) in [7, 11) is 0. The third-order valence-corrected chi connectivity index (χ3v) is 5.79. The van der Waals surface area contributed by atoms with E-state index in [1.54, 1.807) is 0 Å². The van der Waals surface area contributed by atoms with Crippen LogP contribution >= 0.6 is 0 Å². The normalized spacial score (nSPS) is 30.0. The molecule has 0 heterocycles. The molecule has 2 unspecified atom stereocenters. The van der Waals surface area contributed by atoms with Crippen molar-refractivity contribution in [3.05, 3.63) is 0 Å². The maximum Gasteiger partial charge on any atom is -0.0417 e. The van der Waals surface area contributed by atoms with Gasteiger partial charge in [0.25, 0.3) is 0 Å². The Morgan fingerprint density at radius 3 is 0.762 bits per heavy atom. The quantitative estimate of drug-likeness (QED) is 0.426. The molecular weight excluding hydrogens is 252 g/mol. The predicted molar refractivity (Wildman–Crippen MR) is 96.8 cm³/mol. The van der Waals surface area contributed by atoms with Gasteiger partial charge in [0.15, 0.2) is 0 Å². The zero-order valence-electron chi connectivity index (χ0n) is 15.2. The fourth-order valence-electron chi connectivity index (χ4n) is 3.80. The molecular formula is C21H42. The van der Waals surface area contributed by atoms with Crippen LogP contribution in [0.2, 0.25) is 0 Å². The van der Waals surface area contributed by atoms with Crippen LogP contribution in [0.3, 0.4) is 0 Å². The van der Waals surface area contributed by atoms with Crippen molar-refractivity contribution in [1.82, 2.24) is 0 Å². The largest absolute Gasteiger partial charge is 0.0623 e. The summed E-state index contributed by atoms with van der Waals surface area (Å²) in [4.78, 5) is 0. The summed E-state index contributed by atoms with van der Waals surface area (Å²) in [5.74, 6) is 1.90. The molecule has 0 radical (unpaired) electrons. The van der Waals surface area contributed by atoms with Crippen LogP contribution < -0.4 is 0 Å². The predicted octanol–water partition coefficient (Wildman–Crippen LogP) is 7.90. The van der Waals surface area contributed by atoms with Crippen LogP contribution in [0.4, 0.5) is 0 Å². The molecule has 0 bridgehead atoms. The second kappa shape index (κ2) is 13.6. The van der Waals surface area contributed by atoms with E-state index in [1.165, 1.54) is 109 Å². The van der Waals surface area contributed by atoms with E-state index < -0.39 is 0 Å². The van der Waals surface area contributed by atoms with Crippen molar-refractivity contribution in [2.75, 3.05) is 0 Å². The summed E-state index contributed by atoms with van der Waals surface area (Å²) in [6, 6.07) is 0. The fourth-order valence-corrected chi connectivity index (χ4v) is 3.80. The molecule has 0 saturated heterocycles. The van der Waals surface area contributed by atoms with Gasteiger partial charge in [-0.15, -0.1) is 0 Å². The molecule has 0 aromatic rings. The Bertz CT molecular complexity index is 186. The van der Waals surface area contributed by atoms with Gasteiger partial charge in [-0.3, -0.25) is 0 Å². The van der Waals surface area contributed by atoms with Crippen LogP contribution in [-0.4, -0.2) is 0 Å². The third kappa shape index (κ3) is 11.2. The summed E-state index contributed by atoms with van der Waals surface area (Å²) in [5, 5.41) is 0. The Morgan fingerprint density at radius 2 is 0.524 bits per heavy atom. The molecule has 21 heavy (non-hydrogen) atoms. The van der Waals surface area contributed by atoms with Crippen LogP contribution in [0.25, 0.3) is 0 Å². The van der Waals surface area contributed by atoms with Gasteiger partial charge in [-0.05, 0) is 11.8 Å². The van der Waals surface area contributed by atoms with Crippen LogP contribution in [-0.2, 0) is 0 Å². The van der Waals surface area contributed by atoms with Crippen LogP contribution in [0.5, 0.6) is 0 Å². The number of rotatable bonds is 0. The van der Waals surface area contributed by atoms with E-state index in [-0.39, 0.29) is 0 Å². The average Bonchev–Trinajstić information content (AvgIpc) is 2.49. The van der Waals surface area contributed by atoms with Crippen LogP contribution in [0.1, 0.15) is 123 Å². The standard InChI is InChI=1S/C21H42/c1-20-18-16-14-12-10-8-6-4-3-5-7-9-11-13-15-17-19-21(20)2/h20-21H,3-19H2,1-2H3. The Balaban J connectivity index is 2.18. The lowest BCUT2D eigenvalue weighted by Crippen LogP contribution is -2.08. The van der Waals surface area contributed by atoms with Crippen molar-refractivity contribution in [1.29, 1.82) is 0 Å². The third-order valence-electron chi connectivity index (χ3n) is 5.79. The van der Waals surface area contributed by atoms with Crippen molar-refractivity contribution < 1.29 is 0 Å². The van der Waals surface area contributed by atoms with Gasteiger partial charge in [0, 0.05) is 0 Å². The first-order valence-corrected chi connectivity index (χ1v) is 10.3. The van der Waals surface area contributed by atoms with E-state index in [9.17, 15) is 0 Å². The molecule has 0 aromatic heterocycles. The Labute approximate surface area is 135 Å². The van der Waals surface area contributed by atoms with E-state index in [0.29, 0.717) is 0 Å². The zero-order chi connectivity index (χ0) is 15.2. The number of hydrogen-bond acceptors (Lipinski definition) is 0. The Hall–Kier alpha value is 0. The van der Waals surface area contributed by atoms with Gasteiger partial charge in [-0.2, -0.15) is 0 Å². The van der Waals surface area contributed by atoms with Gasteiger partial charge in [0.05, 0.1) is 0 Å². The van der Waals surface area contributed by atoms with Gasteiger partial charge >= 0.3 is 0 Å². The minimum absolute atomic E-state index is 0.951. The van der Waals surface area contributed by atoms with Crippen molar-refractivity contribution in [3.8, 4) is 0 Å². The monoisotopic (exact) mass is 294 g/mol. The molecule has 1 aliphatic carbocycles. The fraction of sp³-hybridized carbons (Fsp3) is 1.00. The molecule has 0 aliphatic heterocycles. The molecule has 0 aromatic carbocycles. The number of hydrogen-bond donors (Lipinski definition) is 0. The lowest BCUT2D eigenvalue weighted by Gasteiger charge is -2.19. The molecule has 0 spiro atoms.